The van der Waals surface area contributed by atoms with E-state index in [2.05, 4.69) is 0 Å². The Morgan fingerprint density at radius 1 is 0.867 bits per heavy atom. The number of benzene rings is 2. The molecular formula is C23H20O7. The first-order chi connectivity index (χ1) is 14.5. The molecule has 30 heavy (non-hydrogen) atoms. The van der Waals surface area contributed by atoms with Gasteiger partial charge in [0, 0.05) is 12.1 Å². The molecule has 0 aliphatic heterocycles. The highest BCUT2D eigenvalue weighted by atomic mass is 16.6. The number of carbonyl (C=O) groups excluding carboxylic acids is 2. The normalized spacial score (nSPS) is 10.6. The molecule has 154 valence electrons. The lowest BCUT2D eigenvalue weighted by Gasteiger charge is -2.13. The van der Waals surface area contributed by atoms with Gasteiger partial charge >= 0.3 is 5.97 Å². The van der Waals surface area contributed by atoms with Gasteiger partial charge in [0.05, 0.1) is 27.6 Å². The summed E-state index contributed by atoms with van der Waals surface area (Å²) in [4.78, 5) is 25.3. The maximum atomic E-state index is 13.0. The van der Waals surface area contributed by atoms with Crippen LogP contribution in [0.5, 0.6) is 23.0 Å². The van der Waals surface area contributed by atoms with Crippen molar-refractivity contribution in [3.8, 4) is 23.0 Å². The molecule has 1 aromatic heterocycles. The molecule has 3 aromatic rings. The topological polar surface area (TPSA) is 84.2 Å². The van der Waals surface area contributed by atoms with Gasteiger partial charge in [0.15, 0.2) is 5.78 Å². The molecule has 1 heterocycles. The van der Waals surface area contributed by atoms with Crippen molar-refractivity contribution in [1.29, 1.82) is 0 Å². The molecule has 2 aromatic carbocycles. The van der Waals surface area contributed by atoms with Crippen LogP contribution >= 0.6 is 0 Å². The standard InChI is InChI=1S/C23H20O7/c1-26-16-9-6-15(7-10-16)8-11-18(24)22-20(28-3)13-17(27-2)14-21(22)30-23(25)19-5-4-12-29-19/h4-14H,1-3H3. The van der Waals surface area contributed by atoms with Gasteiger partial charge in [-0.15, -0.1) is 0 Å². The first-order valence-electron chi connectivity index (χ1n) is 8.94. The van der Waals surface area contributed by atoms with Crippen LogP contribution in [0.15, 0.2) is 65.3 Å². The van der Waals surface area contributed by atoms with E-state index in [1.807, 2.05) is 12.1 Å². The Balaban J connectivity index is 1.94. The second kappa shape index (κ2) is 9.47. The molecule has 0 radical (unpaired) electrons. The minimum Gasteiger partial charge on any atom is -0.497 e. The van der Waals surface area contributed by atoms with Gasteiger partial charge in [-0.2, -0.15) is 0 Å². The summed E-state index contributed by atoms with van der Waals surface area (Å²) in [5.41, 5.74) is 0.883. The molecule has 0 atom stereocenters. The van der Waals surface area contributed by atoms with E-state index in [0.29, 0.717) is 11.5 Å². The average Bonchev–Trinajstić information content (AvgIpc) is 3.32. The first kappa shape index (κ1) is 20.7. The Kier molecular flexibility index (Phi) is 6.54. The minimum absolute atomic E-state index is 0.00280. The van der Waals surface area contributed by atoms with Crippen LogP contribution in [0.2, 0.25) is 0 Å². The van der Waals surface area contributed by atoms with Crippen molar-refractivity contribution in [3.63, 3.8) is 0 Å². The monoisotopic (exact) mass is 408 g/mol. The fourth-order valence-electron chi connectivity index (χ4n) is 2.68. The fourth-order valence-corrected chi connectivity index (χ4v) is 2.68. The highest BCUT2D eigenvalue weighted by Crippen LogP contribution is 2.35. The number of carbonyl (C=O) groups is 2. The van der Waals surface area contributed by atoms with Crippen LogP contribution in [0.4, 0.5) is 0 Å². The highest BCUT2D eigenvalue weighted by Gasteiger charge is 2.22. The van der Waals surface area contributed by atoms with Gasteiger partial charge in [-0.25, -0.2) is 4.79 Å². The quantitative estimate of drug-likeness (QED) is 0.236. The Morgan fingerprint density at radius 3 is 2.17 bits per heavy atom. The van der Waals surface area contributed by atoms with Crippen LogP contribution in [0.3, 0.4) is 0 Å². The molecule has 0 saturated carbocycles. The molecule has 7 heteroatoms. The molecule has 0 amide bonds. The SMILES string of the molecule is COc1ccc(C=CC(=O)c2c(OC)cc(OC)cc2OC(=O)c2ccco2)cc1. The van der Waals surface area contributed by atoms with Crippen LogP contribution in [-0.2, 0) is 0 Å². The summed E-state index contributed by atoms with van der Waals surface area (Å²) in [6.45, 7) is 0. The van der Waals surface area contributed by atoms with Gasteiger partial charge in [0.25, 0.3) is 0 Å². The fraction of sp³-hybridized carbons (Fsp3) is 0.130. The molecule has 0 fully saturated rings. The zero-order valence-corrected chi connectivity index (χ0v) is 16.7. The van der Waals surface area contributed by atoms with Crippen molar-refractivity contribution in [1.82, 2.24) is 0 Å². The lowest BCUT2D eigenvalue weighted by atomic mass is 10.1. The molecule has 7 nitrogen and oxygen atoms in total. The third-order valence-corrected chi connectivity index (χ3v) is 4.21. The number of hydrogen-bond donors (Lipinski definition) is 0. The summed E-state index contributed by atoms with van der Waals surface area (Å²) < 4.78 is 26.2. The Bertz CT molecular complexity index is 1050. The Morgan fingerprint density at radius 2 is 1.57 bits per heavy atom. The second-order valence-electron chi connectivity index (χ2n) is 6.04. The molecule has 0 spiro atoms. The van der Waals surface area contributed by atoms with Gasteiger partial charge in [-0.3, -0.25) is 4.79 Å². The van der Waals surface area contributed by atoms with E-state index in [1.54, 1.807) is 37.5 Å². The van der Waals surface area contributed by atoms with E-state index in [0.717, 1.165) is 5.56 Å². The summed E-state index contributed by atoms with van der Waals surface area (Å²) in [6, 6.07) is 13.2. The zero-order valence-electron chi connectivity index (χ0n) is 16.7. The van der Waals surface area contributed by atoms with Crippen molar-refractivity contribution in [2.45, 2.75) is 0 Å². The summed E-state index contributed by atoms with van der Waals surface area (Å²) in [5.74, 6) is 0.130. The zero-order chi connectivity index (χ0) is 21.5. The highest BCUT2D eigenvalue weighted by molar-refractivity contribution is 6.11. The van der Waals surface area contributed by atoms with Crippen LogP contribution in [0.25, 0.3) is 6.08 Å². The Hall–Kier alpha value is -4.00. The van der Waals surface area contributed by atoms with Crippen LogP contribution in [0.1, 0.15) is 26.5 Å². The molecule has 0 N–H and O–H groups in total. The van der Waals surface area contributed by atoms with Crippen molar-refractivity contribution in [2.75, 3.05) is 21.3 Å². The summed E-state index contributed by atoms with van der Waals surface area (Å²) in [5, 5.41) is 0. The predicted molar refractivity (Wildman–Crippen MR) is 110 cm³/mol. The summed E-state index contributed by atoms with van der Waals surface area (Å²) in [7, 11) is 4.45. The lowest BCUT2D eigenvalue weighted by Crippen LogP contribution is -2.11. The molecular weight excluding hydrogens is 388 g/mol. The third-order valence-electron chi connectivity index (χ3n) is 4.21. The van der Waals surface area contributed by atoms with Gasteiger partial charge in [0.2, 0.25) is 5.76 Å². The third kappa shape index (κ3) is 4.70. The number of ketones is 1. The van der Waals surface area contributed by atoms with E-state index in [-0.39, 0.29) is 22.8 Å². The molecule has 0 aliphatic rings. The predicted octanol–water partition coefficient (Wildman–Crippen LogP) is 4.42. The number of methoxy groups -OCH3 is 3. The number of esters is 1. The van der Waals surface area contributed by atoms with E-state index >= 15 is 0 Å². The van der Waals surface area contributed by atoms with E-state index < -0.39 is 11.8 Å². The molecule has 0 saturated heterocycles. The van der Waals surface area contributed by atoms with Gasteiger partial charge in [-0.05, 0) is 35.9 Å². The summed E-state index contributed by atoms with van der Waals surface area (Å²) in [6.07, 6.45) is 4.37. The van der Waals surface area contributed by atoms with Crippen LogP contribution in [0, 0.1) is 0 Å². The van der Waals surface area contributed by atoms with Gasteiger partial charge < -0.3 is 23.4 Å². The number of ether oxygens (including phenoxy) is 4. The number of rotatable bonds is 8. The summed E-state index contributed by atoms with van der Waals surface area (Å²) >= 11 is 0. The van der Waals surface area contributed by atoms with Gasteiger partial charge in [0.1, 0.15) is 28.6 Å². The van der Waals surface area contributed by atoms with E-state index in [9.17, 15) is 9.59 Å². The number of furan rings is 1. The molecule has 0 aliphatic carbocycles. The van der Waals surface area contributed by atoms with Crippen LogP contribution < -0.4 is 18.9 Å². The maximum absolute atomic E-state index is 13.0. The molecule has 0 bridgehead atoms. The second-order valence-corrected chi connectivity index (χ2v) is 6.04. The Labute approximate surface area is 173 Å². The van der Waals surface area contributed by atoms with E-state index in [4.69, 9.17) is 23.4 Å². The average molecular weight is 408 g/mol. The lowest BCUT2D eigenvalue weighted by molar-refractivity contribution is 0.0699. The molecule has 3 rings (SSSR count). The smallest absolute Gasteiger partial charge is 0.379 e. The van der Waals surface area contributed by atoms with E-state index in [1.165, 1.54) is 38.7 Å². The van der Waals surface area contributed by atoms with Crippen molar-refractivity contribution >= 4 is 17.8 Å². The van der Waals surface area contributed by atoms with Crippen molar-refractivity contribution < 1.29 is 33.0 Å². The van der Waals surface area contributed by atoms with Crippen molar-refractivity contribution in [2.24, 2.45) is 0 Å². The van der Waals surface area contributed by atoms with Crippen LogP contribution in [-0.4, -0.2) is 33.1 Å². The number of hydrogen-bond acceptors (Lipinski definition) is 7. The maximum Gasteiger partial charge on any atom is 0.379 e. The molecule has 0 unspecified atom stereocenters. The minimum atomic E-state index is -0.747. The van der Waals surface area contributed by atoms with Gasteiger partial charge in [-0.1, -0.05) is 18.2 Å². The number of allylic oxidation sites excluding steroid dienone is 1. The first-order valence-corrected chi connectivity index (χ1v) is 8.94. The van der Waals surface area contributed by atoms with Crippen molar-refractivity contribution in [3.05, 3.63) is 77.8 Å². The largest absolute Gasteiger partial charge is 0.497 e.